The average Bonchev–Trinajstić information content (AvgIpc) is 2.91. The van der Waals surface area contributed by atoms with Crippen LogP contribution in [0.5, 0.6) is 0 Å². The standard InChI is InChI=1S/C14H15F2NO3S2/c15-11-4-10(5-12(16)6-11)7-17-8-13(18)9-22(19,20)14-2-1-3-21-14/h1-6,13,17-18H,7-9H2/t13-/m0/s1. The van der Waals surface area contributed by atoms with Crippen molar-refractivity contribution in [2.24, 2.45) is 0 Å². The van der Waals surface area contributed by atoms with Crippen molar-refractivity contribution >= 4 is 21.2 Å². The zero-order valence-corrected chi connectivity index (χ0v) is 13.1. The zero-order valence-electron chi connectivity index (χ0n) is 11.5. The van der Waals surface area contributed by atoms with Gasteiger partial charge in [0, 0.05) is 19.2 Å². The maximum absolute atomic E-state index is 13.0. The van der Waals surface area contributed by atoms with Gasteiger partial charge in [-0.25, -0.2) is 17.2 Å². The van der Waals surface area contributed by atoms with Gasteiger partial charge in [0.2, 0.25) is 0 Å². The van der Waals surface area contributed by atoms with Crippen LogP contribution in [0, 0.1) is 11.6 Å². The second kappa shape index (κ2) is 7.28. The van der Waals surface area contributed by atoms with Crippen LogP contribution in [0.1, 0.15) is 5.56 Å². The van der Waals surface area contributed by atoms with Crippen molar-refractivity contribution in [2.75, 3.05) is 12.3 Å². The van der Waals surface area contributed by atoms with E-state index in [0.717, 1.165) is 17.4 Å². The number of thiophene rings is 1. The molecule has 2 aromatic rings. The summed E-state index contributed by atoms with van der Waals surface area (Å²) in [6.07, 6.45) is -1.11. The van der Waals surface area contributed by atoms with Gasteiger partial charge in [-0.3, -0.25) is 0 Å². The van der Waals surface area contributed by atoms with Crippen molar-refractivity contribution in [2.45, 2.75) is 16.9 Å². The quantitative estimate of drug-likeness (QED) is 0.803. The molecule has 1 aromatic heterocycles. The predicted octanol–water partition coefficient (Wildman–Crippen LogP) is 1.95. The summed E-state index contributed by atoms with van der Waals surface area (Å²) in [5.74, 6) is -1.77. The summed E-state index contributed by atoms with van der Waals surface area (Å²) in [7, 11) is -3.52. The molecule has 0 bridgehead atoms. The summed E-state index contributed by atoms with van der Waals surface area (Å²) in [5.41, 5.74) is 0.380. The van der Waals surface area contributed by atoms with Crippen LogP contribution in [-0.2, 0) is 16.4 Å². The maximum Gasteiger partial charge on any atom is 0.190 e. The maximum atomic E-state index is 13.0. The molecule has 1 aromatic carbocycles. The molecule has 4 nitrogen and oxygen atoms in total. The van der Waals surface area contributed by atoms with Gasteiger partial charge < -0.3 is 10.4 Å². The van der Waals surface area contributed by atoms with Crippen LogP contribution in [0.15, 0.2) is 39.9 Å². The number of aliphatic hydroxyl groups is 1. The van der Waals surface area contributed by atoms with E-state index in [1.807, 2.05) is 0 Å². The van der Waals surface area contributed by atoms with E-state index in [1.54, 1.807) is 11.4 Å². The molecule has 0 saturated carbocycles. The minimum atomic E-state index is -3.52. The Bertz CT molecular complexity index is 697. The molecule has 8 heteroatoms. The van der Waals surface area contributed by atoms with Crippen molar-refractivity contribution in [3.05, 3.63) is 52.9 Å². The van der Waals surface area contributed by atoms with E-state index in [4.69, 9.17) is 0 Å². The summed E-state index contributed by atoms with van der Waals surface area (Å²) in [5, 5.41) is 14.2. The molecular formula is C14H15F2NO3S2. The molecule has 0 unspecified atom stereocenters. The molecule has 2 N–H and O–H groups in total. The van der Waals surface area contributed by atoms with Gasteiger partial charge in [0.25, 0.3) is 0 Å². The summed E-state index contributed by atoms with van der Waals surface area (Å²) < 4.78 is 50.1. The fourth-order valence-electron chi connectivity index (χ4n) is 1.93. The Kier molecular flexibility index (Phi) is 5.63. The van der Waals surface area contributed by atoms with Gasteiger partial charge >= 0.3 is 0 Å². The van der Waals surface area contributed by atoms with Crippen molar-refractivity contribution in [1.29, 1.82) is 0 Å². The minimum Gasteiger partial charge on any atom is -0.391 e. The molecule has 0 spiro atoms. The lowest BCUT2D eigenvalue weighted by Gasteiger charge is -2.12. The number of halogens is 2. The highest BCUT2D eigenvalue weighted by molar-refractivity contribution is 7.93. The van der Waals surface area contributed by atoms with Gasteiger partial charge in [0.15, 0.2) is 9.84 Å². The first kappa shape index (κ1) is 17.0. The second-order valence-corrected chi connectivity index (χ2v) is 7.98. The highest BCUT2D eigenvalue weighted by Gasteiger charge is 2.20. The number of benzene rings is 1. The van der Waals surface area contributed by atoms with E-state index in [9.17, 15) is 22.3 Å². The molecule has 0 amide bonds. The van der Waals surface area contributed by atoms with Gasteiger partial charge in [0.05, 0.1) is 11.9 Å². The van der Waals surface area contributed by atoms with E-state index >= 15 is 0 Å². The molecule has 0 aliphatic carbocycles. The van der Waals surface area contributed by atoms with Gasteiger partial charge in [0.1, 0.15) is 15.8 Å². The fourth-order valence-corrected chi connectivity index (χ4v) is 4.41. The number of sulfone groups is 1. The van der Waals surface area contributed by atoms with Gasteiger partial charge in [-0.05, 0) is 29.1 Å². The lowest BCUT2D eigenvalue weighted by Crippen LogP contribution is -2.32. The van der Waals surface area contributed by atoms with E-state index < -0.39 is 33.3 Å². The monoisotopic (exact) mass is 347 g/mol. The number of nitrogens with one attached hydrogen (secondary N) is 1. The molecule has 120 valence electrons. The highest BCUT2D eigenvalue weighted by atomic mass is 32.2. The summed E-state index contributed by atoms with van der Waals surface area (Å²) in [6, 6.07) is 6.22. The Balaban J connectivity index is 1.84. The lowest BCUT2D eigenvalue weighted by molar-refractivity contribution is 0.193. The van der Waals surface area contributed by atoms with Crippen molar-refractivity contribution in [1.82, 2.24) is 5.32 Å². The van der Waals surface area contributed by atoms with Crippen LogP contribution < -0.4 is 5.32 Å². The first-order chi connectivity index (χ1) is 10.4. The summed E-state index contributed by atoms with van der Waals surface area (Å²) >= 11 is 1.09. The van der Waals surface area contributed by atoms with Crippen LogP contribution in [0.3, 0.4) is 0 Å². The molecule has 22 heavy (non-hydrogen) atoms. The van der Waals surface area contributed by atoms with Crippen LogP contribution in [-0.4, -0.2) is 31.9 Å². The summed E-state index contributed by atoms with van der Waals surface area (Å²) in [4.78, 5) is 0. The SMILES string of the molecule is O=S(=O)(C[C@@H](O)CNCc1cc(F)cc(F)c1)c1cccs1. The van der Waals surface area contributed by atoms with Crippen molar-refractivity contribution < 1.29 is 22.3 Å². The molecule has 0 radical (unpaired) electrons. The Hall–Kier alpha value is -1.35. The zero-order chi connectivity index (χ0) is 16.2. The third kappa shape index (κ3) is 4.84. The number of aliphatic hydroxyl groups excluding tert-OH is 1. The van der Waals surface area contributed by atoms with E-state index in [-0.39, 0.29) is 17.3 Å². The second-order valence-electron chi connectivity index (χ2n) is 4.78. The molecule has 0 aliphatic heterocycles. The van der Waals surface area contributed by atoms with Gasteiger partial charge in [-0.1, -0.05) is 6.07 Å². The Morgan fingerprint density at radius 2 is 1.91 bits per heavy atom. The first-order valence-corrected chi connectivity index (χ1v) is 9.00. The fraction of sp³-hybridized carbons (Fsp3) is 0.286. The van der Waals surface area contributed by atoms with Crippen LogP contribution in [0.4, 0.5) is 8.78 Å². The normalized spacial score (nSPS) is 13.2. The van der Waals surface area contributed by atoms with E-state index in [0.29, 0.717) is 5.56 Å². The predicted molar refractivity (Wildman–Crippen MR) is 80.4 cm³/mol. The van der Waals surface area contributed by atoms with Crippen LogP contribution in [0.2, 0.25) is 0 Å². The number of rotatable bonds is 7. The largest absolute Gasteiger partial charge is 0.391 e. The topological polar surface area (TPSA) is 66.4 Å². The Labute approximate surface area is 131 Å². The Morgan fingerprint density at radius 1 is 1.23 bits per heavy atom. The van der Waals surface area contributed by atoms with Crippen LogP contribution >= 0.6 is 11.3 Å². The molecule has 0 aliphatic rings. The smallest absolute Gasteiger partial charge is 0.190 e. The van der Waals surface area contributed by atoms with Crippen LogP contribution in [0.25, 0.3) is 0 Å². The molecule has 0 fully saturated rings. The third-order valence-corrected chi connectivity index (χ3v) is 6.13. The van der Waals surface area contributed by atoms with Gasteiger partial charge in [-0.2, -0.15) is 0 Å². The summed E-state index contributed by atoms with van der Waals surface area (Å²) in [6.45, 7) is 0.132. The van der Waals surface area contributed by atoms with E-state index in [2.05, 4.69) is 5.32 Å². The van der Waals surface area contributed by atoms with Crippen molar-refractivity contribution in [3.63, 3.8) is 0 Å². The average molecular weight is 347 g/mol. The minimum absolute atomic E-state index is 0.00272. The lowest BCUT2D eigenvalue weighted by atomic mass is 10.2. The Morgan fingerprint density at radius 3 is 2.50 bits per heavy atom. The van der Waals surface area contributed by atoms with Gasteiger partial charge in [-0.15, -0.1) is 11.3 Å². The molecule has 1 atom stereocenters. The molecular weight excluding hydrogens is 332 g/mol. The molecule has 2 rings (SSSR count). The molecule has 1 heterocycles. The number of hydrogen-bond donors (Lipinski definition) is 2. The number of hydrogen-bond acceptors (Lipinski definition) is 5. The third-order valence-electron chi connectivity index (χ3n) is 2.84. The van der Waals surface area contributed by atoms with Crippen molar-refractivity contribution in [3.8, 4) is 0 Å². The highest BCUT2D eigenvalue weighted by Crippen LogP contribution is 2.18. The van der Waals surface area contributed by atoms with E-state index in [1.165, 1.54) is 18.2 Å². The first-order valence-electron chi connectivity index (χ1n) is 6.47. The molecule has 0 saturated heterocycles.